The molecule has 2 aromatic rings. The van der Waals surface area contributed by atoms with Gasteiger partial charge in [-0.15, -0.1) is 0 Å². The van der Waals surface area contributed by atoms with Crippen molar-refractivity contribution in [1.82, 2.24) is 9.55 Å². The van der Waals surface area contributed by atoms with E-state index in [1.807, 2.05) is 42.1 Å². The Hall–Kier alpha value is -1.94. The topological polar surface area (TPSA) is 60.9 Å². The first-order valence-electron chi connectivity index (χ1n) is 5.49. The third-order valence-electron chi connectivity index (χ3n) is 2.75. The number of rotatable bonds is 4. The summed E-state index contributed by atoms with van der Waals surface area (Å²) in [4.78, 5) is 16.1. The summed E-state index contributed by atoms with van der Waals surface area (Å²) in [5.41, 5.74) is 7.23. The third kappa shape index (κ3) is 2.60. The van der Waals surface area contributed by atoms with Crippen LogP contribution in [0.5, 0.6) is 0 Å². The van der Waals surface area contributed by atoms with E-state index in [0.717, 1.165) is 11.4 Å². The van der Waals surface area contributed by atoms with Crippen molar-refractivity contribution in [2.75, 3.05) is 0 Å². The monoisotopic (exact) mass is 229 g/mol. The number of nitrogens with two attached hydrogens (primary N) is 1. The molecule has 2 rings (SSSR count). The molecule has 1 heterocycles. The SMILES string of the molecule is Cn1ccnc1CC(=O)c1ccc(CN)cc1. The molecule has 0 spiro atoms. The van der Waals surface area contributed by atoms with Crippen LogP contribution >= 0.6 is 0 Å². The maximum absolute atomic E-state index is 12.0. The van der Waals surface area contributed by atoms with Crippen LogP contribution in [0, 0.1) is 0 Å². The van der Waals surface area contributed by atoms with E-state index < -0.39 is 0 Å². The van der Waals surface area contributed by atoms with Crippen LogP contribution < -0.4 is 5.73 Å². The second kappa shape index (κ2) is 4.93. The van der Waals surface area contributed by atoms with E-state index in [1.54, 1.807) is 6.20 Å². The molecular formula is C13H15N3O. The molecule has 0 saturated carbocycles. The van der Waals surface area contributed by atoms with Crippen LogP contribution in [0.2, 0.25) is 0 Å². The molecule has 17 heavy (non-hydrogen) atoms. The molecule has 0 fully saturated rings. The average Bonchev–Trinajstić information content (AvgIpc) is 2.75. The van der Waals surface area contributed by atoms with Crippen molar-refractivity contribution in [3.63, 3.8) is 0 Å². The number of carbonyl (C=O) groups excluding carboxylic acids is 1. The molecule has 0 atom stereocenters. The Morgan fingerprint density at radius 1 is 1.35 bits per heavy atom. The van der Waals surface area contributed by atoms with Crippen LogP contribution in [0.25, 0.3) is 0 Å². The summed E-state index contributed by atoms with van der Waals surface area (Å²) < 4.78 is 1.85. The Kier molecular flexibility index (Phi) is 3.35. The molecule has 0 amide bonds. The summed E-state index contributed by atoms with van der Waals surface area (Å²) in [6.45, 7) is 0.494. The Balaban J connectivity index is 2.12. The van der Waals surface area contributed by atoms with Crippen LogP contribution in [0.4, 0.5) is 0 Å². The Morgan fingerprint density at radius 2 is 2.06 bits per heavy atom. The number of nitrogens with zero attached hydrogens (tertiary/aromatic N) is 2. The standard InChI is InChI=1S/C13H15N3O/c1-16-7-6-15-13(16)8-12(17)11-4-2-10(9-14)3-5-11/h2-7H,8-9,14H2,1H3. The van der Waals surface area contributed by atoms with Gasteiger partial charge >= 0.3 is 0 Å². The van der Waals surface area contributed by atoms with Crippen molar-refractivity contribution < 1.29 is 4.79 Å². The van der Waals surface area contributed by atoms with Crippen LogP contribution in [0.15, 0.2) is 36.7 Å². The van der Waals surface area contributed by atoms with Crippen molar-refractivity contribution in [3.8, 4) is 0 Å². The van der Waals surface area contributed by atoms with Crippen molar-refractivity contribution in [1.29, 1.82) is 0 Å². The molecule has 0 aliphatic carbocycles. The molecule has 1 aromatic heterocycles. The minimum absolute atomic E-state index is 0.0721. The second-order valence-electron chi connectivity index (χ2n) is 3.96. The molecule has 0 aliphatic heterocycles. The fourth-order valence-corrected chi connectivity index (χ4v) is 1.64. The third-order valence-corrected chi connectivity index (χ3v) is 2.75. The first kappa shape index (κ1) is 11.5. The summed E-state index contributed by atoms with van der Waals surface area (Å²) in [6.07, 6.45) is 3.85. The van der Waals surface area contributed by atoms with Gasteiger partial charge in [0.1, 0.15) is 5.82 Å². The van der Waals surface area contributed by atoms with E-state index in [1.165, 1.54) is 0 Å². The van der Waals surface area contributed by atoms with Crippen LogP contribution in [0.3, 0.4) is 0 Å². The number of aromatic nitrogens is 2. The van der Waals surface area contributed by atoms with Gasteiger partial charge in [0.25, 0.3) is 0 Å². The lowest BCUT2D eigenvalue weighted by atomic mass is 10.1. The Labute approximate surface area is 100 Å². The van der Waals surface area contributed by atoms with E-state index in [9.17, 15) is 4.79 Å². The minimum Gasteiger partial charge on any atom is -0.338 e. The summed E-state index contributed by atoms with van der Waals surface area (Å²) >= 11 is 0. The predicted molar refractivity (Wildman–Crippen MR) is 65.6 cm³/mol. The van der Waals surface area contributed by atoms with Gasteiger partial charge in [0.15, 0.2) is 5.78 Å². The van der Waals surface area contributed by atoms with Crippen molar-refractivity contribution in [3.05, 3.63) is 53.6 Å². The van der Waals surface area contributed by atoms with E-state index in [2.05, 4.69) is 4.98 Å². The zero-order chi connectivity index (χ0) is 12.3. The highest BCUT2D eigenvalue weighted by molar-refractivity contribution is 5.97. The maximum atomic E-state index is 12.0. The number of hydrogen-bond donors (Lipinski definition) is 1. The van der Waals surface area contributed by atoms with Gasteiger partial charge in [0.05, 0.1) is 6.42 Å². The zero-order valence-electron chi connectivity index (χ0n) is 9.76. The van der Waals surface area contributed by atoms with Gasteiger partial charge in [-0.1, -0.05) is 24.3 Å². The Morgan fingerprint density at radius 3 is 2.59 bits per heavy atom. The Bertz CT molecular complexity index is 514. The lowest BCUT2D eigenvalue weighted by Gasteiger charge is -2.03. The summed E-state index contributed by atoms with van der Waals surface area (Å²) in [5, 5.41) is 0. The number of imidazole rings is 1. The van der Waals surface area contributed by atoms with Gasteiger partial charge in [-0.2, -0.15) is 0 Å². The highest BCUT2D eigenvalue weighted by Crippen LogP contribution is 2.08. The first-order chi connectivity index (χ1) is 8.20. The molecule has 88 valence electrons. The van der Waals surface area contributed by atoms with E-state index in [4.69, 9.17) is 5.73 Å². The summed E-state index contributed by atoms with van der Waals surface area (Å²) in [6, 6.07) is 7.39. The molecule has 1 aromatic carbocycles. The van der Waals surface area contributed by atoms with Gasteiger partial charge in [0.2, 0.25) is 0 Å². The molecule has 0 unspecified atom stereocenters. The summed E-state index contributed by atoms with van der Waals surface area (Å²) in [5.74, 6) is 0.848. The molecule has 0 saturated heterocycles. The quantitative estimate of drug-likeness (QED) is 0.804. The van der Waals surface area contributed by atoms with E-state index in [0.29, 0.717) is 18.5 Å². The van der Waals surface area contributed by atoms with E-state index in [-0.39, 0.29) is 5.78 Å². The van der Waals surface area contributed by atoms with Gasteiger partial charge in [-0.25, -0.2) is 4.98 Å². The molecular weight excluding hydrogens is 214 g/mol. The summed E-state index contributed by atoms with van der Waals surface area (Å²) in [7, 11) is 1.88. The lowest BCUT2D eigenvalue weighted by Crippen LogP contribution is -2.08. The maximum Gasteiger partial charge on any atom is 0.170 e. The minimum atomic E-state index is 0.0721. The zero-order valence-corrected chi connectivity index (χ0v) is 9.76. The average molecular weight is 229 g/mol. The van der Waals surface area contributed by atoms with Crippen LogP contribution in [0.1, 0.15) is 21.7 Å². The fraction of sp³-hybridized carbons (Fsp3) is 0.231. The molecule has 4 heteroatoms. The number of carbonyl (C=O) groups is 1. The van der Waals surface area contributed by atoms with Crippen LogP contribution in [-0.2, 0) is 20.0 Å². The molecule has 0 aliphatic rings. The largest absolute Gasteiger partial charge is 0.338 e. The molecule has 4 nitrogen and oxygen atoms in total. The number of ketones is 1. The second-order valence-corrected chi connectivity index (χ2v) is 3.96. The first-order valence-corrected chi connectivity index (χ1v) is 5.49. The normalized spacial score (nSPS) is 10.5. The molecule has 0 bridgehead atoms. The van der Waals surface area contributed by atoms with Gasteiger partial charge < -0.3 is 10.3 Å². The van der Waals surface area contributed by atoms with Crippen LogP contribution in [-0.4, -0.2) is 15.3 Å². The number of hydrogen-bond acceptors (Lipinski definition) is 3. The number of Topliss-reactive ketones (excluding diaryl/α,β-unsaturated/α-hetero) is 1. The highest BCUT2D eigenvalue weighted by Gasteiger charge is 2.09. The van der Waals surface area contributed by atoms with Crippen molar-refractivity contribution in [2.45, 2.75) is 13.0 Å². The van der Waals surface area contributed by atoms with Gasteiger partial charge in [-0.3, -0.25) is 4.79 Å². The molecule has 2 N–H and O–H groups in total. The van der Waals surface area contributed by atoms with Gasteiger partial charge in [-0.05, 0) is 5.56 Å². The lowest BCUT2D eigenvalue weighted by molar-refractivity contribution is 0.0990. The highest BCUT2D eigenvalue weighted by atomic mass is 16.1. The van der Waals surface area contributed by atoms with Crippen molar-refractivity contribution >= 4 is 5.78 Å². The smallest absolute Gasteiger partial charge is 0.170 e. The number of aryl methyl sites for hydroxylation is 1. The van der Waals surface area contributed by atoms with Gasteiger partial charge in [0, 0.05) is 31.5 Å². The number of benzene rings is 1. The fourth-order valence-electron chi connectivity index (χ4n) is 1.64. The predicted octanol–water partition coefficient (Wildman–Crippen LogP) is 1.30. The van der Waals surface area contributed by atoms with E-state index >= 15 is 0 Å². The van der Waals surface area contributed by atoms with Crippen molar-refractivity contribution in [2.24, 2.45) is 12.8 Å². The molecule has 0 radical (unpaired) electrons.